The van der Waals surface area contributed by atoms with Gasteiger partial charge in [0, 0.05) is 28.6 Å². The predicted molar refractivity (Wildman–Crippen MR) is 133 cm³/mol. The van der Waals surface area contributed by atoms with Crippen LogP contribution in [0.2, 0.25) is 5.02 Å². The van der Waals surface area contributed by atoms with Crippen molar-refractivity contribution in [3.63, 3.8) is 0 Å². The summed E-state index contributed by atoms with van der Waals surface area (Å²) >= 11 is 6.08. The number of fused-ring (bicyclic) bond motifs is 4. The summed E-state index contributed by atoms with van der Waals surface area (Å²) in [5, 5.41) is 13.3. The van der Waals surface area contributed by atoms with Gasteiger partial charge in [-0.25, -0.2) is 4.98 Å². The third-order valence-corrected chi connectivity index (χ3v) is 7.28. The number of hydrogen-bond donors (Lipinski definition) is 1. The summed E-state index contributed by atoms with van der Waals surface area (Å²) in [6.07, 6.45) is 3.66. The smallest absolute Gasteiger partial charge is 0.119 e. The van der Waals surface area contributed by atoms with E-state index < -0.39 is 6.10 Å². The zero-order valence-corrected chi connectivity index (χ0v) is 19.6. The van der Waals surface area contributed by atoms with E-state index in [2.05, 4.69) is 17.6 Å². The average molecular weight is 471 g/mol. The zero-order chi connectivity index (χ0) is 21.5. The Balaban J connectivity index is 0.00000245. The van der Waals surface area contributed by atoms with Crippen LogP contribution in [0.3, 0.4) is 0 Å². The van der Waals surface area contributed by atoms with Gasteiger partial charge in [-0.15, -0.1) is 19.0 Å². The number of ether oxygens (including phenoxy) is 1. The van der Waals surface area contributed by atoms with Gasteiger partial charge in [-0.05, 0) is 73.2 Å². The molecular weight excluding hydrogens is 443 g/mol. The standard InChI is InChI=1S/C26H27ClN2O2.ClH/c1-3-16-15-29-11-10-18(16)12-25(29)26(30)22-14-24(17-4-6-19(27)7-5-17)28-23-9-8-20(31-2)13-21(22)23;/h3-9,13-14,16,18,25-26,30H,1,10-12,15H2,2H3;1H. The van der Waals surface area contributed by atoms with Crippen LogP contribution >= 0.6 is 24.0 Å². The Morgan fingerprint density at radius 3 is 2.66 bits per heavy atom. The number of aromatic nitrogens is 1. The molecule has 168 valence electrons. The lowest BCUT2D eigenvalue weighted by Gasteiger charge is -2.50. The lowest BCUT2D eigenvalue weighted by Crippen LogP contribution is -2.54. The number of nitrogens with zero attached hydrogens (tertiary/aromatic N) is 2. The number of piperidine rings is 3. The van der Waals surface area contributed by atoms with Gasteiger partial charge in [0.25, 0.3) is 0 Å². The molecule has 3 aliphatic heterocycles. The molecular formula is C26H28Cl2N2O2. The van der Waals surface area contributed by atoms with E-state index in [1.165, 1.54) is 6.42 Å². The van der Waals surface area contributed by atoms with Crippen molar-refractivity contribution in [2.75, 3.05) is 20.2 Å². The number of aliphatic hydroxyl groups is 1. The Morgan fingerprint density at radius 2 is 2.00 bits per heavy atom. The fourth-order valence-electron chi connectivity index (χ4n) is 5.28. The SMILES string of the molecule is C=CC1CN2CCC1CC2C(O)c1cc(-c2ccc(Cl)cc2)nc2ccc(OC)cc12.Cl. The van der Waals surface area contributed by atoms with E-state index in [1.807, 2.05) is 48.5 Å². The van der Waals surface area contributed by atoms with Crippen LogP contribution in [0.25, 0.3) is 22.2 Å². The van der Waals surface area contributed by atoms with E-state index in [4.69, 9.17) is 21.3 Å². The van der Waals surface area contributed by atoms with Gasteiger partial charge in [0.1, 0.15) is 5.75 Å². The second kappa shape index (κ2) is 9.40. The molecule has 2 aromatic carbocycles. The number of halogens is 2. The number of benzene rings is 2. The number of rotatable bonds is 5. The molecule has 5 unspecified atom stereocenters. The second-order valence-corrected chi connectivity index (χ2v) is 9.11. The second-order valence-electron chi connectivity index (χ2n) is 8.68. The van der Waals surface area contributed by atoms with Crippen LogP contribution in [0.15, 0.2) is 61.2 Å². The van der Waals surface area contributed by atoms with Crippen LogP contribution in [0.1, 0.15) is 24.5 Å². The summed E-state index contributed by atoms with van der Waals surface area (Å²) in [6, 6.07) is 15.7. The van der Waals surface area contributed by atoms with Gasteiger partial charge in [0.15, 0.2) is 0 Å². The predicted octanol–water partition coefficient (Wildman–Crippen LogP) is 5.92. The molecule has 3 fully saturated rings. The van der Waals surface area contributed by atoms with Crippen molar-refractivity contribution in [2.24, 2.45) is 11.8 Å². The molecule has 32 heavy (non-hydrogen) atoms. The summed E-state index contributed by atoms with van der Waals surface area (Å²) in [4.78, 5) is 7.31. The largest absolute Gasteiger partial charge is 0.497 e. The maximum Gasteiger partial charge on any atom is 0.119 e. The minimum absolute atomic E-state index is 0. The van der Waals surface area contributed by atoms with Crippen molar-refractivity contribution in [1.82, 2.24) is 9.88 Å². The van der Waals surface area contributed by atoms with Gasteiger partial charge in [-0.3, -0.25) is 4.90 Å². The zero-order valence-electron chi connectivity index (χ0n) is 18.1. The molecule has 0 spiro atoms. The van der Waals surface area contributed by atoms with E-state index in [1.54, 1.807) is 7.11 Å². The fourth-order valence-corrected chi connectivity index (χ4v) is 5.41. The molecule has 5 atom stereocenters. The first kappa shape index (κ1) is 23.1. The summed E-state index contributed by atoms with van der Waals surface area (Å²) in [5.74, 6) is 1.89. The fraction of sp³-hybridized carbons (Fsp3) is 0.346. The van der Waals surface area contributed by atoms with Crippen LogP contribution < -0.4 is 4.74 Å². The molecule has 3 aromatic rings. The monoisotopic (exact) mass is 470 g/mol. The van der Waals surface area contributed by atoms with Crippen LogP contribution in [0.4, 0.5) is 0 Å². The van der Waals surface area contributed by atoms with Crippen molar-refractivity contribution >= 4 is 34.9 Å². The Morgan fingerprint density at radius 1 is 1.22 bits per heavy atom. The Labute approximate surface area is 200 Å². The molecule has 6 rings (SSSR count). The third kappa shape index (κ3) is 4.13. The maximum absolute atomic E-state index is 11.6. The van der Waals surface area contributed by atoms with Gasteiger partial charge in [0.05, 0.1) is 24.4 Å². The van der Waals surface area contributed by atoms with E-state index in [0.29, 0.717) is 16.9 Å². The summed E-state index contributed by atoms with van der Waals surface area (Å²) in [6.45, 7) is 6.04. The van der Waals surface area contributed by atoms with E-state index >= 15 is 0 Å². The van der Waals surface area contributed by atoms with E-state index in [0.717, 1.165) is 53.0 Å². The van der Waals surface area contributed by atoms with Crippen LogP contribution in [-0.4, -0.2) is 41.2 Å². The van der Waals surface area contributed by atoms with Crippen molar-refractivity contribution < 1.29 is 9.84 Å². The number of pyridine rings is 1. The highest BCUT2D eigenvalue weighted by Crippen LogP contribution is 2.43. The van der Waals surface area contributed by atoms with Crippen LogP contribution in [0, 0.1) is 11.8 Å². The average Bonchev–Trinajstić information content (AvgIpc) is 2.83. The molecule has 6 heteroatoms. The number of methoxy groups -OCH3 is 1. The molecule has 1 aromatic heterocycles. The van der Waals surface area contributed by atoms with Gasteiger partial charge in [-0.1, -0.05) is 29.8 Å². The lowest BCUT2D eigenvalue weighted by molar-refractivity contribution is -0.0444. The van der Waals surface area contributed by atoms with Crippen molar-refractivity contribution in [2.45, 2.75) is 25.0 Å². The summed E-state index contributed by atoms with van der Waals surface area (Å²) in [7, 11) is 1.66. The molecule has 0 radical (unpaired) electrons. The molecule has 1 N–H and O–H groups in total. The first-order valence-corrected chi connectivity index (χ1v) is 11.2. The number of aliphatic hydroxyl groups excluding tert-OH is 1. The van der Waals surface area contributed by atoms with Crippen LogP contribution in [-0.2, 0) is 0 Å². The quantitative estimate of drug-likeness (QED) is 0.470. The molecule has 4 heterocycles. The number of hydrogen-bond acceptors (Lipinski definition) is 4. The molecule has 2 bridgehead atoms. The minimum atomic E-state index is -0.600. The molecule has 0 amide bonds. The molecule has 0 aliphatic carbocycles. The van der Waals surface area contributed by atoms with E-state index in [-0.39, 0.29) is 18.4 Å². The minimum Gasteiger partial charge on any atom is -0.497 e. The topological polar surface area (TPSA) is 45.6 Å². The maximum atomic E-state index is 11.6. The van der Waals surface area contributed by atoms with Crippen molar-refractivity contribution in [3.05, 3.63) is 71.8 Å². The van der Waals surface area contributed by atoms with Gasteiger partial charge in [-0.2, -0.15) is 0 Å². The highest BCUT2D eigenvalue weighted by molar-refractivity contribution is 6.30. The first-order chi connectivity index (χ1) is 15.1. The van der Waals surface area contributed by atoms with E-state index in [9.17, 15) is 5.11 Å². The van der Waals surface area contributed by atoms with Crippen molar-refractivity contribution in [3.8, 4) is 17.0 Å². The first-order valence-electron chi connectivity index (χ1n) is 10.9. The van der Waals surface area contributed by atoms with Crippen molar-refractivity contribution in [1.29, 1.82) is 0 Å². The van der Waals surface area contributed by atoms with Gasteiger partial charge < -0.3 is 9.84 Å². The summed E-state index contributed by atoms with van der Waals surface area (Å²) < 4.78 is 5.46. The molecule has 4 nitrogen and oxygen atoms in total. The molecule has 3 aliphatic rings. The third-order valence-electron chi connectivity index (χ3n) is 7.02. The Hall–Kier alpha value is -2.11. The lowest BCUT2D eigenvalue weighted by atomic mass is 9.73. The summed E-state index contributed by atoms with van der Waals surface area (Å²) in [5.41, 5.74) is 3.57. The highest BCUT2D eigenvalue weighted by Gasteiger charge is 2.42. The van der Waals surface area contributed by atoms with Crippen LogP contribution in [0.5, 0.6) is 5.75 Å². The van der Waals surface area contributed by atoms with Gasteiger partial charge >= 0.3 is 0 Å². The Bertz CT molecular complexity index is 1120. The normalized spacial score (nSPS) is 25.2. The molecule has 3 saturated heterocycles. The highest BCUT2D eigenvalue weighted by atomic mass is 35.5. The van der Waals surface area contributed by atoms with Gasteiger partial charge in [0.2, 0.25) is 0 Å². The Kier molecular flexibility index (Phi) is 6.78. The molecule has 0 saturated carbocycles.